The van der Waals surface area contributed by atoms with E-state index in [2.05, 4.69) is 48.2 Å². The second-order valence-electron chi connectivity index (χ2n) is 6.21. The molecule has 3 rings (SSSR count). The summed E-state index contributed by atoms with van der Waals surface area (Å²) in [5, 5.41) is 0. The minimum absolute atomic E-state index is 0.174. The van der Waals surface area contributed by atoms with Crippen molar-refractivity contribution in [2.24, 2.45) is 5.73 Å². The van der Waals surface area contributed by atoms with Crippen LogP contribution in [0.25, 0.3) is 0 Å². The van der Waals surface area contributed by atoms with E-state index in [-0.39, 0.29) is 6.04 Å². The summed E-state index contributed by atoms with van der Waals surface area (Å²) in [5.74, 6) is 0. The lowest BCUT2D eigenvalue weighted by Crippen LogP contribution is -2.45. The molecule has 2 N–H and O–H groups in total. The van der Waals surface area contributed by atoms with Crippen molar-refractivity contribution < 1.29 is 0 Å². The van der Waals surface area contributed by atoms with Crippen molar-refractivity contribution >= 4 is 0 Å². The summed E-state index contributed by atoms with van der Waals surface area (Å²) < 4.78 is 0. The molecule has 0 radical (unpaired) electrons. The zero-order chi connectivity index (χ0) is 13.4. The molecule has 0 amide bonds. The van der Waals surface area contributed by atoms with Gasteiger partial charge in [-0.2, -0.15) is 0 Å². The van der Waals surface area contributed by atoms with Gasteiger partial charge in [0.15, 0.2) is 0 Å². The molecule has 104 valence electrons. The van der Waals surface area contributed by atoms with Gasteiger partial charge >= 0.3 is 0 Å². The molecule has 1 aliphatic heterocycles. The molecule has 3 nitrogen and oxygen atoms in total. The van der Waals surface area contributed by atoms with Crippen molar-refractivity contribution in [1.29, 1.82) is 0 Å². The third-order valence-corrected chi connectivity index (χ3v) is 4.99. The Kier molecular flexibility index (Phi) is 3.61. The van der Waals surface area contributed by atoms with Gasteiger partial charge in [-0.1, -0.05) is 24.3 Å². The highest BCUT2D eigenvalue weighted by atomic mass is 15.2. The summed E-state index contributed by atoms with van der Waals surface area (Å²) in [5.41, 5.74) is 9.23. The van der Waals surface area contributed by atoms with Gasteiger partial charge in [-0.05, 0) is 51.0 Å². The highest BCUT2D eigenvalue weighted by molar-refractivity contribution is 5.36. The number of likely N-dealkylation sites (N-methyl/N-ethyl adjacent to an activating group) is 2. The first-order valence-corrected chi connectivity index (χ1v) is 7.40. The van der Waals surface area contributed by atoms with Crippen LogP contribution in [0.3, 0.4) is 0 Å². The fourth-order valence-corrected chi connectivity index (χ4v) is 3.71. The summed E-state index contributed by atoms with van der Waals surface area (Å²) in [4.78, 5) is 4.97. The molecular formula is C16H25N3. The van der Waals surface area contributed by atoms with Gasteiger partial charge in [0.1, 0.15) is 0 Å². The van der Waals surface area contributed by atoms with Crippen molar-refractivity contribution in [2.45, 2.75) is 37.4 Å². The quantitative estimate of drug-likeness (QED) is 0.895. The van der Waals surface area contributed by atoms with Crippen molar-refractivity contribution in [3.8, 4) is 0 Å². The second-order valence-corrected chi connectivity index (χ2v) is 6.21. The number of nitrogens with two attached hydrogens (primary N) is 1. The molecule has 1 heterocycles. The SMILES string of the molecule is CN1CCCC1CN(C)C1Cc2ccccc2C1N. The molecule has 0 aromatic heterocycles. The normalized spacial score (nSPS) is 31.1. The van der Waals surface area contributed by atoms with Crippen LogP contribution in [0.4, 0.5) is 0 Å². The Morgan fingerprint density at radius 1 is 1.37 bits per heavy atom. The topological polar surface area (TPSA) is 32.5 Å². The largest absolute Gasteiger partial charge is 0.323 e. The van der Waals surface area contributed by atoms with E-state index in [4.69, 9.17) is 5.73 Å². The van der Waals surface area contributed by atoms with Crippen LogP contribution < -0.4 is 5.73 Å². The minimum Gasteiger partial charge on any atom is -0.323 e. The van der Waals surface area contributed by atoms with E-state index in [1.807, 2.05) is 0 Å². The van der Waals surface area contributed by atoms with Crippen LogP contribution >= 0.6 is 0 Å². The minimum atomic E-state index is 0.174. The van der Waals surface area contributed by atoms with Crippen LogP contribution in [0.5, 0.6) is 0 Å². The lowest BCUT2D eigenvalue weighted by Gasteiger charge is -2.32. The Hall–Kier alpha value is -0.900. The highest BCUT2D eigenvalue weighted by Gasteiger charge is 2.33. The van der Waals surface area contributed by atoms with Crippen LogP contribution in [0.2, 0.25) is 0 Å². The molecular weight excluding hydrogens is 234 g/mol. The Labute approximate surface area is 116 Å². The standard InChI is InChI=1S/C16H25N3/c1-18-9-5-7-13(18)11-19(2)15-10-12-6-3-4-8-14(12)16(15)17/h3-4,6,8,13,15-16H,5,7,9-11,17H2,1-2H3. The maximum absolute atomic E-state index is 6.45. The van der Waals surface area contributed by atoms with Gasteiger partial charge in [0, 0.05) is 24.7 Å². The number of benzene rings is 1. The predicted molar refractivity (Wildman–Crippen MR) is 79.1 cm³/mol. The number of hydrogen-bond donors (Lipinski definition) is 1. The Morgan fingerprint density at radius 2 is 2.16 bits per heavy atom. The molecule has 0 bridgehead atoms. The predicted octanol–water partition coefficient (Wildman–Crippen LogP) is 1.64. The number of hydrogen-bond acceptors (Lipinski definition) is 3. The van der Waals surface area contributed by atoms with Gasteiger partial charge < -0.3 is 10.6 Å². The van der Waals surface area contributed by atoms with E-state index in [1.54, 1.807) is 0 Å². The fourth-order valence-electron chi connectivity index (χ4n) is 3.71. The van der Waals surface area contributed by atoms with Crippen LogP contribution in [-0.2, 0) is 6.42 Å². The summed E-state index contributed by atoms with van der Waals surface area (Å²) in [6.07, 6.45) is 3.77. The van der Waals surface area contributed by atoms with Crippen LogP contribution in [0, 0.1) is 0 Å². The Morgan fingerprint density at radius 3 is 2.84 bits per heavy atom. The average molecular weight is 259 g/mol. The third-order valence-electron chi connectivity index (χ3n) is 4.99. The van der Waals surface area contributed by atoms with Gasteiger partial charge in [0.05, 0.1) is 0 Å². The number of nitrogens with zero attached hydrogens (tertiary/aromatic N) is 2. The number of rotatable bonds is 3. The molecule has 2 aliphatic rings. The van der Waals surface area contributed by atoms with E-state index in [9.17, 15) is 0 Å². The first-order chi connectivity index (χ1) is 9.16. The molecule has 1 aromatic carbocycles. The molecule has 1 fully saturated rings. The Balaban J connectivity index is 1.67. The lowest BCUT2D eigenvalue weighted by molar-refractivity contribution is 0.165. The number of fused-ring (bicyclic) bond motifs is 1. The van der Waals surface area contributed by atoms with E-state index < -0.39 is 0 Å². The molecule has 0 saturated carbocycles. The maximum atomic E-state index is 6.45. The summed E-state index contributed by atoms with van der Waals surface area (Å²) in [6, 6.07) is 9.99. The first kappa shape index (κ1) is 13.1. The summed E-state index contributed by atoms with van der Waals surface area (Å²) in [6.45, 7) is 2.39. The van der Waals surface area contributed by atoms with Crippen LogP contribution in [-0.4, -0.2) is 49.1 Å². The molecule has 1 saturated heterocycles. The molecule has 1 aromatic rings. The zero-order valence-corrected chi connectivity index (χ0v) is 12.0. The smallest absolute Gasteiger partial charge is 0.0459 e. The molecule has 3 unspecified atom stereocenters. The third kappa shape index (κ3) is 2.42. The van der Waals surface area contributed by atoms with Crippen LogP contribution in [0.1, 0.15) is 30.0 Å². The molecule has 3 heteroatoms. The highest BCUT2D eigenvalue weighted by Crippen LogP contribution is 2.32. The fraction of sp³-hybridized carbons (Fsp3) is 0.625. The van der Waals surface area contributed by atoms with Gasteiger partial charge in [0.2, 0.25) is 0 Å². The van der Waals surface area contributed by atoms with Gasteiger partial charge in [0.25, 0.3) is 0 Å². The van der Waals surface area contributed by atoms with E-state index in [0.717, 1.165) is 13.0 Å². The van der Waals surface area contributed by atoms with Crippen molar-refractivity contribution in [1.82, 2.24) is 9.80 Å². The molecule has 0 spiro atoms. The lowest BCUT2D eigenvalue weighted by atomic mass is 10.1. The average Bonchev–Trinajstić information content (AvgIpc) is 2.95. The maximum Gasteiger partial charge on any atom is 0.0459 e. The van der Waals surface area contributed by atoms with E-state index in [0.29, 0.717) is 12.1 Å². The van der Waals surface area contributed by atoms with Gasteiger partial charge in [-0.3, -0.25) is 4.90 Å². The van der Waals surface area contributed by atoms with Crippen molar-refractivity contribution in [3.05, 3.63) is 35.4 Å². The van der Waals surface area contributed by atoms with Crippen LogP contribution in [0.15, 0.2) is 24.3 Å². The number of likely N-dealkylation sites (tertiary alicyclic amines) is 1. The molecule has 19 heavy (non-hydrogen) atoms. The van der Waals surface area contributed by atoms with E-state index >= 15 is 0 Å². The van der Waals surface area contributed by atoms with Crippen molar-refractivity contribution in [2.75, 3.05) is 27.2 Å². The van der Waals surface area contributed by atoms with Gasteiger partial charge in [-0.25, -0.2) is 0 Å². The Bertz CT molecular complexity index is 445. The van der Waals surface area contributed by atoms with Crippen molar-refractivity contribution in [3.63, 3.8) is 0 Å². The first-order valence-electron chi connectivity index (χ1n) is 7.40. The monoisotopic (exact) mass is 259 g/mol. The second kappa shape index (κ2) is 5.23. The molecule has 3 atom stereocenters. The van der Waals surface area contributed by atoms with E-state index in [1.165, 1.54) is 30.5 Å². The summed E-state index contributed by atoms with van der Waals surface area (Å²) >= 11 is 0. The summed E-state index contributed by atoms with van der Waals surface area (Å²) in [7, 11) is 4.48. The van der Waals surface area contributed by atoms with Gasteiger partial charge in [-0.15, -0.1) is 0 Å². The zero-order valence-electron chi connectivity index (χ0n) is 12.0. The molecule has 1 aliphatic carbocycles.